The summed E-state index contributed by atoms with van der Waals surface area (Å²) in [5, 5.41) is 3.05. The predicted molar refractivity (Wildman–Crippen MR) is 75.4 cm³/mol. The molecule has 0 aliphatic heterocycles. The van der Waals surface area contributed by atoms with Gasteiger partial charge in [0.1, 0.15) is 16.6 Å². The normalized spacial score (nSPS) is 10.4. The third-order valence-corrected chi connectivity index (χ3v) is 3.64. The van der Waals surface area contributed by atoms with E-state index in [9.17, 15) is 13.6 Å². The van der Waals surface area contributed by atoms with Gasteiger partial charge in [-0.3, -0.25) is 0 Å². The first-order valence-electron chi connectivity index (χ1n) is 5.55. The number of benzene rings is 1. The third-order valence-electron chi connectivity index (χ3n) is 2.29. The number of nitrogens with one attached hydrogen (secondary N) is 1. The summed E-state index contributed by atoms with van der Waals surface area (Å²) in [7, 11) is 0. The smallest absolute Gasteiger partial charge is 0.360 e. The Balaban J connectivity index is 2.29. The molecule has 106 valence electrons. The molecule has 0 saturated carbocycles. The van der Waals surface area contributed by atoms with E-state index in [2.05, 4.69) is 26.2 Å². The fourth-order valence-corrected chi connectivity index (χ4v) is 2.44. The Morgan fingerprint density at radius 3 is 2.90 bits per heavy atom. The Bertz CT molecular complexity index is 648. The number of hydrogen-bond acceptors (Lipinski definition) is 5. The van der Waals surface area contributed by atoms with Crippen LogP contribution < -0.4 is 5.32 Å². The second-order valence-corrected chi connectivity index (χ2v) is 5.33. The Morgan fingerprint density at radius 2 is 2.20 bits per heavy atom. The second-order valence-electron chi connectivity index (χ2n) is 3.62. The van der Waals surface area contributed by atoms with Crippen molar-refractivity contribution in [1.29, 1.82) is 0 Å². The molecule has 0 fully saturated rings. The van der Waals surface area contributed by atoms with Crippen molar-refractivity contribution in [3.63, 3.8) is 0 Å². The van der Waals surface area contributed by atoms with Crippen LogP contribution in [0.1, 0.15) is 17.4 Å². The van der Waals surface area contributed by atoms with Gasteiger partial charge < -0.3 is 10.1 Å². The van der Waals surface area contributed by atoms with Gasteiger partial charge in [0.25, 0.3) is 0 Å². The Hall–Kier alpha value is -1.54. The third kappa shape index (κ3) is 3.13. The summed E-state index contributed by atoms with van der Waals surface area (Å²) in [6.45, 7) is 1.89. The van der Waals surface area contributed by atoms with E-state index >= 15 is 0 Å². The van der Waals surface area contributed by atoms with Gasteiger partial charge in [0.2, 0.25) is 0 Å². The lowest BCUT2D eigenvalue weighted by Gasteiger charge is -2.08. The minimum absolute atomic E-state index is 0.0353. The maximum absolute atomic E-state index is 13.6. The molecular weight excluding hydrogens is 354 g/mol. The first kappa shape index (κ1) is 14.9. The lowest BCUT2D eigenvalue weighted by Crippen LogP contribution is -2.07. The van der Waals surface area contributed by atoms with Crippen molar-refractivity contribution in [3.8, 4) is 0 Å². The summed E-state index contributed by atoms with van der Waals surface area (Å²) in [4.78, 5) is 15.5. The minimum atomic E-state index is -0.770. The molecule has 0 bridgehead atoms. The molecule has 1 heterocycles. The van der Waals surface area contributed by atoms with Crippen molar-refractivity contribution in [2.45, 2.75) is 6.92 Å². The van der Waals surface area contributed by atoms with E-state index in [-0.39, 0.29) is 22.5 Å². The summed E-state index contributed by atoms with van der Waals surface area (Å²) >= 11 is 4.09. The SMILES string of the molecule is CCOC(=O)c1ncsc1Nc1cc(Br)c(F)cc1F. The number of anilines is 2. The van der Waals surface area contributed by atoms with Crippen LogP contribution in [0.5, 0.6) is 0 Å². The molecule has 0 spiro atoms. The van der Waals surface area contributed by atoms with E-state index < -0.39 is 17.6 Å². The van der Waals surface area contributed by atoms with Crippen molar-refractivity contribution >= 4 is 43.9 Å². The number of carbonyl (C=O) groups excluding carboxylic acids is 1. The van der Waals surface area contributed by atoms with Crippen molar-refractivity contribution < 1.29 is 18.3 Å². The average molecular weight is 363 g/mol. The molecule has 1 aromatic heterocycles. The van der Waals surface area contributed by atoms with Gasteiger partial charge in [0, 0.05) is 6.07 Å². The first-order chi connectivity index (χ1) is 9.52. The highest BCUT2D eigenvalue weighted by Crippen LogP contribution is 2.30. The predicted octanol–water partition coefficient (Wildman–Crippen LogP) is 4.10. The van der Waals surface area contributed by atoms with Gasteiger partial charge in [-0.2, -0.15) is 0 Å². The van der Waals surface area contributed by atoms with Gasteiger partial charge in [-0.25, -0.2) is 18.6 Å². The first-order valence-corrected chi connectivity index (χ1v) is 7.22. The molecule has 1 N–H and O–H groups in total. The average Bonchev–Trinajstić information content (AvgIpc) is 2.84. The van der Waals surface area contributed by atoms with Gasteiger partial charge in [-0.05, 0) is 28.9 Å². The molecule has 2 aromatic rings. The van der Waals surface area contributed by atoms with Crippen LogP contribution in [0.4, 0.5) is 19.5 Å². The van der Waals surface area contributed by atoms with E-state index in [1.807, 2.05) is 0 Å². The number of halogens is 3. The molecule has 0 radical (unpaired) electrons. The molecular formula is C12H9BrF2N2O2S. The van der Waals surface area contributed by atoms with Crippen molar-refractivity contribution in [1.82, 2.24) is 4.98 Å². The van der Waals surface area contributed by atoms with E-state index in [0.717, 1.165) is 17.4 Å². The number of ether oxygens (including phenoxy) is 1. The summed E-state index contributed by atoms with van der Waals surface area (Å²) in [5.74, 6) is -2.07. The van der Waals surface area contributed by atoms with Crippen molar-refractivity contribution in [3.05, 3.63) is 39.4 Å². The Labute approximate surface area is 125 Å². The van der Waals surface area contributed by atoms with Gasteiger partial charge in [0.05, 0.1) is 22.3 Å². The highest BCUT2D eigenvalue weighted by Gasteiger charge is 2.18. The van der Waals surface area contributed by atoms with Crippen LogP contribution in [-0.4, -0.2) is 17.6 Å². The van der Waals surface area contributed by atoms with Crippen molar-refractivity contribution in [2.75, 3.05) is 11.9 Å². The van der Waals surface area contributed by atoms with Gasteiger partial charge in [-0.15, -0.1) is 11.3 Å². The van der Waals surface area contributed by atoms with Crippen LogP contribution in [0, 0.1) is 11.6 Å². The fraction of sp³-hybridized carbons (Fsp3) is 0.167. The summed E-state index contributed by atoms with van der Waals surface area (Å²) < 4.78 is 31.8. The van der Waals surface area contributed by atoms with E-state index in [4.69, 9.17) is 4.74 Å². The van der Waals surface area contributed by atoms with Crippen molar-refractivity contribution in [2.24, 2.45) is 0 Å². The zero-order valence-electron chi connectivity index (χ0n) is 10.2. The molecule has 0 aliphatic rings. The van der Waals surface area contributed by atoms with Gasteiger partial charge in [0.15, 0.2) is 5.69 Å². The quantitative estimate of drug-likeness (QED) is 0.656. The molecule has 8 heteroatoms. The zero-order valence-corrected chi connectivity index (χ0v) is 12.6. The van der Waals surface area contributed by atoms with E-state index in [0.29, 0.717) is 5.00 Å². The van der Waals surface area contributed by atoms with Crippen LogP contribution in [-0.2, 0) is 4.74 Å². The highest BCUT2D eigenvalue weighted by molar-refractivity contribution is 9.10. The van der Waals surface area contributed by atoms with Gasteiger partial charge >= 0.3 is 5.97 Å². The maximum atomic E-state index is 13.6. The molecule has 0 unspecified atom stereocenters. The molecule has 0 amide bonds. The number of aromatic nitrogens is 1. The minimum Gasteiger partial charge on any atom is -0.461 e. The van der Waals surface area contributed by atoms with Crippen LogP contribution >= 0.6 is 27.3 Å². The summed E-state index contributed by atoms with van der Waals surface area (Å²) in [6.07, 6.45) is 0. The molecule has 1 aromatic carbocycles. The number of hydrogen-bond donors (Lipinski definition) is 1. The maximum Gasteiger partial charge on any atom is 0.360 e. The number of rotatable bonds is 4. The fourth-order valence-electron chi connectivity index (χ4n) is 1.42. The van der Waals surface area contributed by atoms with Gasteiger partial charge in [-0.1, -0.05) is 0 Å². The summed E-state index contributed by atoms with van der Waals surface area (Å²) in [6, 6.07) is 2.00. The Morgan fingerprint density at radius 1 is 1.45 bits per heavy atom. The second kappa shape index (κ2) is 6.27. The van der Waals surface area contributed by atoms with E-state index in [1.54, 1.807) is 6.92 Å². The summed E-state index contributed by atoms with van der Waals surface area (Å²) in [5.41, 5.74) is 1.54. The number of esters is 1. The van der Waals surface area contributed by atoms with E-state index in [1.165, 1.54) is 11.6 Å². The van der Waals surface area contributed by atoms with Crippen LogP contribution in [0.15, 0.2) is 22.1 Å². The molecule has 0 saturated heterocycles. The topological polar surface area (TPSA) is 51.2 Å². The molecule has 2 rings (SSSR count). The van der Waals surface area contributed by atoms with Crippen LogP contribution in [0.2, 0.25) is 0 Å². The lowest BCUT2D eigenvalue weighted by atomic mass is 10.3. The molecule has 4 nitrogen and oxygen atoms in total. The Kier molecular flexibility index (Phi) is 4.66. The molecule has 20 heavy (non-hydrogen) atoms. The molecule has 0 aliphatic carbocycles. The standard InChI is InChI=1S/C12H9BrF2N2O2S/c1-2-19-12(18)10-11(20-5-16-10)17-9-3-6(13)7(14)4-8(9)15/h3-5,17H,2H2,1H3. The number of carbonyl (C=O) groups is 1. The lowest BCUT2D eigenvalue weighted by molar-refractivity contribution is 0.0521. The van der Waals surface area contributed by atoms with Crippen LogP contribution in [0.25, 0.3) is 0 Å². The number of thiazole rings is 1. The monoisotopic (exact) mass is 362 g/mol. The number of nitrogens with zero attached hydrogens (tertiary/aromatic N) is 1. The van der Waals surface area contributed by atoms with Crippen LogP contribution in [0.3, 0.4) is 0 Å². The highest BCUT2D eigenvalue weighted by atomic mass is 79.9. The molecule has 0 atom stereocenters. The largest absolute Gasteiger partial charge is 0.461 e. The zero-order chi connectivity index (χ0) is 14.7.